The van der Waals surface area contributed by atoms with Gasteiger partial charge < -0.3 is 15.0 Å². The van der Waals surface area contributed by atoms with Crippen LogP contribution in [0.3, 0.4) is 0 Å². The van der Waals surface area contributed by atoms with Gasteiger partial charge in [-0.05, 0) is 47.7 Å². The first-order valence-corrected chi connectivity index (χ1v) is 10.7. The first kappa shape index (κ1) is 23.7. The summed E-state index contributed by atoms with van der Waals surface area (Å²) in [5, 5.41) is 3.56. The van der Waals surface area contributed by atoms with Gasteiger partial charge >= 0.3 is 0 Å². The van der Waals surface area contributed by atoms with E-state index in [2.05, 4.69) is 5.32 Å². The highest BCUT2D eigenvalue weighted by atomic mass is 35.5. The summed E-state index contributed by atoms with van der Waals surface area (Å²) in [6.45, 7) is 6.93. The maximum Gasteiger partial charge on any atom is 0.242 e. The van der Waals surface area contributed by atoms with E-state index < -0.39 is 6.04 Å². The smallest absolute Gasteiger partial charge is 0.242 e. The van der Waals surface area contributed by atoms with E-state index in [4.69, 9.17) is 16.3 Å². The number of carbonyl (C=O) groups is 2. The van der Waals surface area contributed by atoms with Crippen molar-refractivity contribution in [3.63, 3.8) is 0 Å². The number of ether oxygens (including phenoxy) is 1. The predicted molar refractivity (Wildman–Crippen MR) is 121 cm³/mol. The fraction of sp³-hybridized carbons (Fsp3) is 0.417. The van der Waals surface area contributed by atoms with Gasteiger partial charge in [-0.25, -0.2) is 0 Å². The quantitative estimate of drug-likeness (QED) is 0.605. The maximum atomic E-state index is 13.3. The third-order valence-electron chi connectivity index (χ3n) is 4.83. The topological polar surface area (TPSA) is 58.6 Å². The van der Waals surface area contributed by atoms with Crippen LogP contribution < -0.4 is 10.1 Å². The molecule has 30 heavy (non-hydrogen) atoms. The van der Waals surface area contributed by atoms with Gasteiger partial charge in [-0.2, -0.15) is 0 Å². The highest BCUT2D eigenvalue weighted by Gasteiger charge is 2.28. The number of halogens is 1. The molecule has 0 saturated heterocycles. The van der Waals surface area contributed by atoms with Crippen LogP contribution in [0.15, 0.2) is 48.5 Å². The van der Waals surface area contributed by atoms with E-state index in [9.17, 15) is 9.59 Å². The summed E-state index contributed by atoms with van der Waals surface area (Å²) in [5.41, 5.74) is 1.76. The third-order valence-corrected chi connectivity index (χ3v) is 5.06. The molecule has 2 aromatic rings. The van der Waals surface area contributed by atoms with Crippen LogP contribution in [0.2, 0.25) is 5.02 Å². The van der Waals surface area contributed by atoms with Gasteiger partial charge in [-0.15, -0.1) is 0 Å². The number of hydrogen-bond acceptors (Lipinski definition) is 3. The molecule has 0 aliphatic carbocycles. The van der Waals surface area contributed by atoms with E-state index in [0.29, 0.717) is 30.5 Å². The molecule has 0 bridgehead atoms. The van der Waals surface area contributed by atoms with Gasteiger partial charge in [0, 0.05) is 18.1 Å². The number of nitrogens with zero attached hydrogens (tertiary/aromatic N) is 1. The number of carbonyl (C=O) groups excluding carboxylic acids is 2. The lowest BCUT2D eigenvalue weighted by Crippen LogP contribution is -2.50. The van der Waals surface area contributed by atoms with Gasteiger partial charge in [0.1, 0.15) is 11.8 Å². The lowest BCUT2D eigenvalue weighted by atomic mass is 10.1. The van der Waals surface area contributed by atoms with Crippen LogP contribution in [0, 0.1) is 5.92 Å². The van der Waals surface area contributed by atoms with Gasteiger partial charge in [0.2, 0.25) is 11.8 Å². The van der Waals surface area contributed by atoms with E-state index in [-0.39, 0.29) is 18.2 Å². The minimum Gasteiger partial charge on any atom is -0.497 e. The predicted octanol–water partition coefficient (Wildman–Crippen LogP) is 4.47. The molecule has 6 heteroatoms. The van der Waals surface area contributed by atoms with Crippen LogP contribution in [0.1, 0.15) is 38.3 Å². The highest BCUT2D eigenvalue weighted by molar-refractivity contribution is 6.30. The Morgan fingerprint density at radius 1 is 1.10 bits per heavy atom. The second kappa shape index (κ2) is 11.6. The fourth-order valence-electron chi connectivity index (χ4n) is 3.19. The summed E-state index contributed by atoms with van der Waals surface area (Å²) >= 11 is 6.08. The summed E-state index contributed by atoms with van der Waals surface area (Å²) in [6, 6.07) is 14.2. The van der Waals surface area contributed by atoms with Crippen LogP contribution >= 0.6 is 11.6 Å². The van der Waals surface area contributed by atoms with Gasteiger partial charge in [0.15, 0.2) is 0 Å². The molecule has 162 valence electrons. The summed E-state index contributed by atoms with van der Waals surface area (Å²) in [6.07, 6.45) is 0.714. The molecule has 0 radical (unpaired) electrons. The Kier molecular flexibility index (Phi) is 9.18. The molecule has 0 saturated carbocycles. The first-order chi connectivity index (χ1) is 14.3. The summed E-state index contributed by atoms with van der Waals surface area (Å²) in [7, 11) is 1.61. The van der Waals surface area contributed by atoms with Crippen molar-refractivity contribution in [2.24, 2.45) is 5.92 Å². The molecule has 0 spiro atoms. The highest BCUT2D eigenvalue weighted by Crippen LogP contribution is 2.18. The second-order valence-electron chi connectivity index (χ2n) is 7.74. The molecule has 2 rings (SSSR count). The van der Waals surface area contributed by atoms with E-state index >= 15 is 0 Å². The lowest BCUT2D eigenvalue weighted by Gasteiger charge is -2.31. The van der Waals surface area contributed by atoms with Crippen LogP contribution in [0.5, 0.6) is 5.75 Å². The Bertz CT molecular complexity index is 837. The average molecular weight is 431 g/mol. The standard InChI is InChI=1S/C24H31ClN2O3/c1-5-22(24(29)26-15-17(2)3)27(16-18-9-11-21(30-4)12-10-18)23(28)14-19-7-6-8-20(25)13-19/h6-13,17,22H,5,14-16H2,1-4H3,(H,26,29)/t22-/m0/s1. The number of rotatable bonds is 10. The van der Waals surface area contributed by atoms with E-state index in [0.717, 1.165) is 16.9 Å². The Morgan fingerprint density at radius 3 is 2.37 bits per heavy atom. The molecule has 0 aliphatic heterocycles. The Balaban J connectivity index is 2.26. The molecule has 0 unspecified atom stereocenters. The van der Waals surface area contributed by atoms with Crippen molar-refractivity contribution >= 4 is 23.4 Å². The monoisotopic (exact) mass is 430 g/mol. The van der Waals surface area contributed by atoms with Crippen LogP contribution in [0.25, 0.3) is 0 Å². The van der Waals surface area contributed by atoms with Crippen LogP contribution in [-0.2, 0) is 22.6 Å². The molecular weight excluding hydrogens is 400 g/mol. The van der Waals surface area contributed by atoms with E-state index in [1.165, 1.54) is 0 Å². The SMILES string of the molecule is CC[C@@H](C(=O)NCC(C)C)N(Cc1ccc(OC)cc1)C(=O)Cc1cccc(Cl)c1. The van der Waals surface area contributed by atoms with Gasteiger partial charge in [0.25, 0.3) is 0 Å². The fourth-order valence-corrected chi connectivity index (χ4v) is 3.41. The van der Waals surface area contributed by atoms with Crippen LogP contribution in [-0.4, -0.2) is 36.4 Å². The zero-order valence-electron chi connectivity index (χ0n) is 18.2. The zero-order valence-corrected chi connectivity index (χ0v) is 18.9. The molecule has 0 aromatic heterocycles. The van der Waals surface area contributed by atoms with Crippen molar-refractivity contribution in [3.05, 3.63) is 64.7 Å². The molecule has 0 aliphatic rings. The third kappa shape index (κ3) is 7.06. The Labute approximate surface area is 184 Å². The molecular formula is C24H31ClN2O3. The van der Waals surface area contributed by atoms with Crippen molar-refractivity contribution in [2.45, 2.75) is 46.2 Å². The Hall–Kier alpha value is -2.53. The molecule has 2 amide bonds. The van der Waals surface area contributed by atoms with Gasteiger partial charge in [-0.1, -0.05) is 56.6 Å². The van der Waals surface area contributed by atoms with Crippen molar-refractivity contribution in [2.75, 3.05) is 13.7 Å². The molecule has 1 N–H and O–H groups in total. The summed E-state index contributed by atoms with van der Waals surface area (Å²) in [4.78, 5) is 27.8. The first-order valence-electron chi connectivity index (χ1n) is 10.3. The minimum atomic E-state index is -0.544. The molecule has 5 nitrogen and oxygen atoms in total. The molecule has 0 heterocycles. The molecule has 0 fully saturated rings. The maximum absolute atomic E-state index is 13.3. The largest absolute Gasteiger partial charge is 0.497 e. The summed E-state index contributed by atoms with van der Waals surface area (Å²) < 4.78 is 5.22. The van der Waals surface area contributed by atoms with Crippen molar-refractivity contribution in [3.8, 4) is 5.75 Å². The van der Waals surface area contributed by atoms with Crippen LogP contribution in [0.4, 0.5) is 0 Å². The number of amides is 2. The average Bonchev–Trinajstić information content (AvgIpc) is 2.72. The van der Waals surface area contributed by atoms with Crippen molar-refractivity contribution in [1.29, 1.82) is 0 Å². The number of nitrogens with one attached hydrogen (secondary N) is 1. The lowest BCUT2D eigenvalue weighted by molar-refractivity contribution is -0.141. The Morgan fingerprint density at radius 2 is 1.80 bits per heavy atom. The van der Waals surface area contributed by atoms with Crippen molar-refractivity contribution in [1.82, 2.24) is 10.2 Å². The number of methoxy groups -OCH3 is 1. The number of hydrogen-bond donors (Lipinski definition) is 1. The molecule has 2 aromatic carbocycles. The zero-order chi connectivity index (χ0) is 22.1. The van der Waals surface area contributed by atoms with Gasteiger partial charge in [0.05, 0.1) is 13.5 Å². The normalized spacial score (nSPS) is 11.8. The molecule has 1 atom stereocenters. The van der Waals surface area contributed by atoms with Crippen molar-refractivity contribution < 1.29 is 14.3 Å². The van der Waals surface area contributed by atoms with Gasteiger partial charge in [-0.3, -0.25) is 9.59 Å². The summed E-state index contributed by atoms with van der Waals surface area (Å²) in [5.74, 6) is 0.847. The number of benzene rings is 2. The van der Waals surface area contributed by atoms with E-state index in [1.54, 1.807) is 24.1 Å². The second-order valence-corrected chi connectivity index (χ2v) is 8.18. The van der Waals surface area contributed by atoms with E-state index in [1.807, 2.05) is 57.2 Å². The minimum absolute atomic E-state index is 0.111.